The number of hydrogen-bond donors (Lipinski definition) is 3. The number of carbonyl (C=O) groups is 2. The number of carbonyl (C=O) groups excluding carboxylic acids is 1. The summed E-state index contributed by atoms with van der Waals surface area (Å²) in [5, 5.41) is 14.2. The highest BCUT2D eigenvalue weighted by atomic mass is 16.5. The zero-order chi connectivity index (χ0) is 14.3. The number of amides is 2. The van der Waals surface area contributed by atoms with Crippen molar-refractivity contribution in [2.24, 2.45) is 5.41 Å². The van der Waals surface area contributed by atoms with Crippen LogP contribution in [0.15, 0.2) is 0 Å². The molecule has 0 saturated heterocycles. The lowest BCUT2D eigenvalue weighted by molar-refractivity contribution is -0.141. The molecular formula is C12H24N2O4. The minimum atomic E-state index is -1.04. The Bertz CT molecular complexity index is 286. The lowest BCUT2D eigenvalue weighted by Gasteiger charge is -2.28. The largest absolute Gasteiger partial charge is 0.480 e. The Morgan fingerprint density at radius 3 is 2.17 bits per heavy atom. The standard InChI is InChI=1S/C12H24N2O4/c1-6-8(7-18-5)13-11(17)14-9(10(15)16)12(2,3)4/h8-9H,6-7H2,1-5H3,(H,15,16)(H2,13,14,17). The van der Waals surface area contributed by atoms with E-state index in [-0.39, 0.29) is 6.04 Å². The predicted molar refractivity (Wildman–Crippen MR) is 68.5 cm³/mol. The molecule has 2 unspecified atom stereocenters. The van der Waals surface area contributed by atoms with E-state index in [4.69, 9.17) is 9.84 Å². The summed E-state index contributed by atoms with van der Waals surface area (Å²) in [7, 11) is 1.55. The van der Waals surface area contributed by atoms with Gasteiger partial charge in [-0.3, -0.25) is 0 Å². The fourth-order valence-electron chi connectivity index (χ4n) is 1.47. The molecule has 0 radical (unpaired) electrons. The predicted octanol–water partition coefficient (Wildman–Crippen LogP) is 1.21. The summed E-state index contributed by atoms with van der Waals surface area (Å²) in [4.78, 5) is 22.8. The summed E-state index contributed by atoms with van der Waals surface area (Å²) in [5.41, 5.74) is -0.549. The molecule has 0 spiro atoms. The van der Waals surface area contributed by atoms with Crippen molar-refractivity contribution in [3.63, 3.8) is 0 Å². The van der Waals surface area contributed by atoms with E-state index in [0.29, 0.717) is 13.0 Å². The van der Waals surface area contributed by atoms with Crippen LogP contribution in [0, 0.1) is 5.41 Å². The van der Waals surface area contributed by atoms with Crippen molar-refractivity contribution in [3.8, 4) is 0 Å². The first-order valence-electron chi connectivity index (χ1n) is 6.01. The van der Waals surface area contributed by atoms with Crippen molar-refractivity contribution in [2.75, 3.05) is 13.7 Å². The molecule has 2 amide bonds. The van der Waals surface area contributed by atoms with Crippen LogP contribution < -0.4 is 10.6 Å². The lowest BCUT2D eigenvalue weighted by atomic mass is 9.87. The molecule has 0 aliphatic carbocycles. The van der Waals surface area contributed by atoms with E-state index in [2.05, 4.69) is 10.6 Å². The van der Waals surface area contributed by atoms with Gasteiger partial charge < -0.3 is 20.5 Å². The third-order valence-electron chi connectivity index (χ3n) is 2.58. The number of hydrogen-bond acceptors (Lipinski definition) is 3. The van der Waals surface area contributed by atoms with E-state index >= 15 is 0 Å². The highest BCUT2D eigenvalue weighted by Crippen LogP contribution is 2.19. The second kappa shape index (κ2) is 7.20. The first-order valence-corrected chi connectivity index (χ1v) is 6.01. The van der Waals surface area contributed by atoms with Gasteiger partial charge in [0.05, 0.1) is 12.6 Å². The first-order chi connectivity index (χ1) is 8.22. The fourth-order valence-corrected chi connectivity index (χ4v) is 1.47. The Hall–Kier alpha value is -1.30. The van der Waals surface area contributed by atoms with E-state index in [1.807, 2.05) is 6.92 Å². The number of urea groups is 1. The van der Waals surface area contributed by atoms with Crippen LogP contribution in [0.1, 0.15) is 34.1 Å². The molecule has 0 aliphatic rings. The van der Waals surface area contributed by atoms with Crippen LogP contribution in [0.2, 0.25) is 0 Å². The average Bonchev–Trinajstić information content (AvgIpc) is 2.23. The van der Waals surface area contributed by atoms with Crippen molar-refractivity contribution in [3.05, 3.63) is 0 Å². The summed E-state index contributed by atoms with van der Waals surface area (Å²) >= 11 is 0. The van der Waals surface area contributed by atoms with Crippen molar-refractivity contribution in [2.45, 2.75) is 46.2 Å². The number of rotatable bonds is 6. The van der Waals surface area contributed by atoms with Crippen LogP contribution in [0.25, 0.3) is 0 Å². The van der Waals surface area contributed by atoms with Gasteiger partial charge in [-0.1, -0.05) is 27.7 Å². The number of carboxylic acids is 1. The van der Waals surface area contributed by atoms with Crippen LogP contribution >= 0.6 is 0 Å². The van der Waals surface area contributed by atoms with Gasteiger partial charge in [0.1, 0.15) is 6.04 Å². The number of nitrogens with one attached hydrogen (secondary N) is 2. The van der Waals surface area contributed by atoms with Crippen molar-refractivity contribution in [1.29, 1.82) is 0 Å². The second-order valence-electron chi connectivity index (χ2n) is 5.32. The molecule has 0 fully saturated rings. The van der Waals surface area contributed by atoms with E-state index in [9.17, 15) is 9.59 Å². The second-order valence-corrected chi connectivity index (χ2v) is 5.32. The number of ether oxygens (including phenoxy) is 1. The van der Waals surface area contributed by atoms with Gasteiger partial charge in [-0.25, -0.2) is 9.59 Å². The quantitative estimate of drug-likeness (QED) is 0.670. The smallest absolute Gasteiger partial charge is 0.326 e. The first kappa shape index (κ1) is 16.7. The Labute approximate surface area is 108 Å². The Morgan fingerprint density at radius 1 is 1.28 bits per heavy atom. The Morgan fingerprint density at radius 2 is 1.83 bits per heavy atom. The molecule has 0 bridgehead atoms. The van der Waals surface area contributed by atoms with Gasteiger partial charge in [0.2, 0.25) is 0 Å². The summed E-state index contributed by atoms with van der Waals surface area (Å²) in [6.07, 6.45) is 0.717. The van der Waals surface area contributed by atoms with Crippen LogP contribution in [-0.4, -0.2) is 42.9 Å². The van der Waals surface area contributed by atoms with Crippen molar-refractivity contribution >= 4 is 12.0 Å². The van der Waals surface area contributed by atoms with Crippen LogP contribution in [0.4, 0.5) is 4.79 Å². The Kier molecular flexibility index (Phi) is 6.68. The van der Waals surface area contributed by atoms with E-state index < -0.39 is 23.5 Å². The summed E-state index contributed by atoms with van der Waals surface area (Å²) in [6.45, 7) is 7.61. The molecular weight excluding hydrogens is 236 g/mol. The molecule has 0 aromatic carbocycles. The summed E-state index contributed by atoms with van der Waals surface area (Å²) in [6, 6.07) is -1.54. The zero-order valence-electron chi connectivity index (χ0n) is 11.7. The summed E-state index contributed by atoms with van der Waals surface area (Å²) < 4.78 is 4.96. The van der Waals surface area contributed by atoms with E-state index in [1.165, 1.54) is 0 Å². The van der Waals surface area contributed by atoms with Gasteiger partial charge in [-0.2, -0.15) is 0 Å². The highest BCUT2D eigenvalue weighted by Gasteiger charge is 2.32. The normalized spacial score (nSPS) is 14.7. The molecule has 106 valence electrons. The van der Waals surface area contributed by atoms with Gasteiger partial charge in [-0.15, -0.1) is 0 Å². The van der Waals surface area contributed by atoms with Crippen LogP contribution in [0.5, 0.6) is 0 Å². The minimum absolute atomic E-state index is 0.121. The van der Waals surface area contributed by atoms with Gasteiger partial charge in [0.25, 0.3) is 0 Å². The zero-order valence-corrected chi connectivity index (χ0v) is 11.7. The average molecular weight is 260 g/mol. The topological polar surface area (TPSA) is 87.7 Å². The van der Waals surface area contributed by atoms with Crippen molar-refractivity contribution < 1.29 is 19.4 Å². The van der Waals surface area contributed by atoms with Crippen LogP contribution in [0.3, 0.4) is 0 Å². The molecule has 6 nitrogen and oxygen atoms in total. The molecule has 0 aromatic heterocycles. The molecule has 3 N–H and O–H groups in total. The number of aliphatic carboxylic acids is 1. The van der Waals surface area contributed by atoms with Crippen molar-refractivity contribution in [1.82, 2.24) is 10.6 Å². The van der Waals surface area contributed by atoms with E-state index in [0.717, 1.165) is 0 Å². The molecule has 0 aliphatic heterocycles. The molecule has 2 atom stereocenters. The number of carboxylic acid groups (broad SMARTS) is 1. The SMILES string of the molecule is CCC(COC)NC(=O)NC(C(=O)O)C(C)(C)C. The lowest BCUT2D eigenvalue weighted by Crippen LogP contribution is -2.54. The third kappa shape index (κ3) is 5.86. The fraction of sp³-hybridized carbons (Fsp3) is 0.833. The maximum Gasteiger partial charge on any atom is 0.326 e. The monoisotopic (exact) mass is 260 g/mol. The van der Waals surface area contributed by atoms with Gasteiger partial charge >= 0.3 is 12.0 Å². The molecule has 0 rings (SSSR count). The molecule has 0 aromatic rings. The summed E-state index contributed by atoms with van der Waals surface area (Å²) in [5.74, 6) is -1.04. The molecule has 0 heterocycles. The maximum atomic E-state index is 11.7. The molecule has 0 saturated carbocycles. The Balaban J connectivity index is 4.48. The highest BCUT2D eigenvalue weighted by molar-refractivity contribution is 5.83. The van der Waals surface area contributed by atoms with Gasteiger partial charge in [0, 0.05) is 7.11 Å². The number of methoxy groups -OCH3 is 1. The third-order valence-corrected chi connectivity index (χ3v) is 2.58. The molecule has 18 heavy (non-hydrogen) atoms. The minimum Gasteiger partial charge on any atom is -0.480 e. The maximum absolute atomic E-state index is 11.7. The van der Waals surface area contributed by atoms with E-state index in [1.54, 1.807) is 27.9 Å². The van der Waals surface area contributed by atoms with Gasteiger partial charge in [0.15, 0.2) is 0 Å². The molecule has 6 heteroatoms. The van der Waals surface area contributed by atoms with Gasteiger partial charge in [-0.05, 0) is 11.8 Å². The van der Waals surface area contributed by atoms with Crippen LogP contribution in [-0.2, 0) is 9.53 Å².